The molecule has 22 heteroatoms. The van der Waals surface area contributed by atoms with Gasteiger partial charge >= 0.3 is 5.97 Å². The molecule has 0 fully saturated rings. The van der Waals surface area contributed by atoms with Gasteiger partial charge in [-0.1, -0.05) is 85.7 Å². The molecule has 0 aliphatic carbocycles. The van der Waals surface area contributed by atoms with Crippen LogP contribution in [0.4, 0.5) is 0 Å². The van der Waals surface area contributed by atoms with Crippen molar-refractivity contribution in [3.8, 4) is 0 Å². The van der Waals surface area contributed by atoms with E-state index in [9.17, 15) is 53.4 Å². The summed E-state index contributed by atoms with van der Waals surface area (Å²) in [7, 11) is 0. The van der Waals surface area contributed by atoms with Crippen LogP contribution in [0.15, 0.2) is 30.3 Å². The van der Waals surface area contributed by atoms with E-state index in [1.54, 1.807) is 44.2 Å². The first kappa shape index (κ1) is 64.3. The molecule has 8 amide bonds. The molecule has 0 spiro atoms. The zero-order valence-corrected chi connectivity index (χ0v) is 43.9. The Kier molecular flexibility index (Phi) is 30.2. The Hall–Kier alpha value is -5.71. The second-order valence-electron chi connectivity index (χ2n) is 20.1. The molecular formula is C50H87N11O11. The first-order valence-electron chi connectivity index (χ1n) is 25.3. The Balaban J connectivity index is 3.48. The Morgan fingerprint density at radius 1 is 0.500 bits per heavy atom. The third-order valence-electron chi connectivity index (χ3n) is 11.6. The molecule has 0 aromatic heterocycles. The monoisotopic (exact) mass is 1020 g/mol. The number of unbranched alkanes of at least 4 members (excludes halogenated alkanes) is 2. The van der Waals surface area contributed by atoms with Gasteiger partial charge in [-0.15, -0.1) is 0 Å². The molecule has 0 aliphatic heterocycles. The summed E-state index contributed by atoms with van der Waals surface area (Å²) in [5, 5.41) is 40.1. The van der Waals surface area contributed by atoms with E-state index in [0.29, 0.717) is 50.8 Å². The molecule has 1 rings (SSSR count). The largest absolute Gasteiger partial charge is 0.480 e. The van der Waals surface area contributed by atoms with Crippen molar-refractivity contribution in [1.82, 2.24) is 42.5 Å². The minimum atomic E-state index is -1.62. The average Bonchev–Trinajstić information content (AvgIpc) is 3.29. The number of amides is 8. The van der Waals surface area contributed by atoms with Crippen LogP contribution in [0.5, 0.6) is 0 Å². The number of benzene rings is 1. The van der Waals surface area contributed by atoms with E-state index in [1.165, 1.54) is 6.92 Å². The summed E-state index contributed by atoms with van der Waals surface area (Å²) in [6.07, 6.45) is 1.38. The highest BCUT2D eigenvalue weighted by Gasteiger charge is 2.35. The highest BCUT2D eigenvalue weighted by molar-refractivity contribution is 5.98. The predicted molar refractivity (Wildman–Crippen MR) is 273 cm³/mol. The van der Waals surface area contributed by atoms with Crippen molar-refractivity contribution < 1.29 is 53.4 Å². The molecule has 22 nitrogen and oxygen atoms in total. The Bertz CT molecular complexity index is 1880. The van der Waals surface area contributed by atoms with Gasteiger partial charge in [-0.05, 0) is 107 Å². The summed E-state index contributed by atoms with van der Waals surface area (Å²) in [6, 6.07) is -0.619. The molecule has 0 saturated carbocycles. The molecule has 0 radical (unpaired) electrons. The average molecular weight is 1020 g/mol. The second-order valence-corrected chi connectivity index (χ2v) is 20.1. The van der Waals surface area contributed by atoms with Gasteiger partial charge in [0.2, 0.25) is 47.3 Å². The van der Waals surface area contributed by atoms with E-state index in [2.05, 4.69) is 42.5 Å². The van der Waals surface area contributed by atoms with Crippen LogP contribution in [0, 0.1) is 23.7 Å². The zero-order chi connectivity index (χ0) is 54.7. The number of carboxylic acids is 1. The highest BCUT2D eigenvalue weighted by atomic mass is 16.4. The first-order valence-corrected chi connectivity index (χ1v) is 25.3. The number of nitrogens with one attached hydrogen (secondary N) is 8. The lowest BCUT2D eigenvalue weighted by Crippen LogP contribution is -2.60. The number of carbonyl (C=O) groups excluding carboxylic acids is 8. The maximum Gasteiger partial charge on any atom is 0.328 e. The van der Waals surface area contributed by atoms with Crippen molar-refractivity contribution in [2.24, 2.45) is 40.9 Å². The SMILES string of the molecule is CC(C)C[C@H](NC(=O)[C@H](CCCCN)NC(=O)[C@H](CCCCN)NC(=O)[C@H](Cc1ccccc1)NC(=O)[C@H](CC(C)C)NC(=O)[C@@H](N)CC(C)C)C(=O)N[C@H](C(=O)NCC(=O)N[C@H](C(=O)O)[C@@H](C)O)C(C)C. The summed E-state index contributed by atoms with van der Waals surface area (Å²) >= 11 is 0. The topological polar surface area (TPSA) is 368 Å². The molecule has 0 unspecified atom stereocenters. The number of hydrogen-bond acceptors (Lipinski definition) is 13. The normalized spacial score (nSPS) is 15.2. The number of aliphatic hydroxyl groups excluding tert-OH is 1. The molecule has 1 aromatic rings. The van der Waals surface area contributed by atoms with Gasteiger partial charge < -0.3 is 69.9 Å². The summed E-state index contributed by atoms with van der Waals surface area (Å²) < 4.78 is 0. The van der Waals surface area contributed by atoms with E-state index in [1.807, 2.05) is 41.5 Å². The molecule has 72 heavy (non-hydrogen) atoms. The Labute approximate surface area is 425 Å². The van der Waals surface area contributed by atoms with Crippen LogP contribution in [0.2, 0.25) is 0 Å². The Morgan fingerprint density at radius 3 is 1.35 bits per heavy atom. The number of carboxylic acid groups (broad SMARTS) is 1. The van der Waals surface area contributed by atoms with Crippen LogP contribution in [0.25, 0.3) is 0 Å². The maximum absolute atomic E-state index is 14.4. The van der Waals surface area contributed by atoms with E-state index >= 15 is 0 Å². The molecule has 408 valence electrons. The molecule has 0 bridgehead atoms. The number of nitrogens with two attached hydrogens (primary N) is 3. The molecule has 0 aliphatic rings. The van der Waals surface area contributed by atoms with Crippen LogP contribution < -0.4 is 59.7 Å². The van der Waals surface area contributed by atoms with Crippen molar-refractivity contribution in [2.75, 3.05) is 19.6 Å². The molecule has 0 saturated heterocycles. The molecule has 16 N–H and O–H groups in total. The standard InChI is InChI=1S/C50H87N11O11/c1-28(2)23-34(53)43(64)57-37(24-29(3)4)46(67)59-39(26-33-17-11-10-12-18-33)47(68)56-35(19-13-15-21-51)44(65)55-36(20-14-16-22-52)45(66)58-38(25-30(5)6)48(69)61-41(31(7)8)49(70)54-27-40(63)60-42(32(9)62)50(71)72/h10-12,17-18,28-32,34-39,41-42,62H,13-16,19-27,51-53H2,1-9H3,(H,54,70)(H,55,65)(H,56,68)(H,57,64)(H,58,66)(H,59,67)(H,60,63)(H,61,69)(H,71,72)/t32-,34+,35+,36+,37+,38+,39+,41+,42+/m1/s1. The lowest BCUT2D eigenvalue weighted by Gasteiger charge is -2.29. The summed E-state index contributed by atoms with van der Waals surface area (Å²) in [4.78, 5) is 121. The third-order valence-corrected chi connectivity index (χ3v) is 11.6. The second kappa shape index (κ2) is 33.8. The van der Waals surface area contributed by atoms with Gasteiger partial charge in [-0.3, -0.25) is 38.4 Å². The van der Waals surface area contributed by atoms with Gasteiger partial charge in [0.1, 0.15) is 36.3 Å². The van der Waals surface area contributed by atoms with Crippen LogP contribution in [-0.4, -0.2) is 138 Å². The third kappa shape index (κ3) is 25.1. The van der Waals surface area contributed by atoms with Crippen LogP contribution in [0.3, 0.4) is 0 Å². The zero-order valence-electron chi connectivity index (χ0n) is 43.9. The molecule has 0 heterocycles. The number of rotatable bonds is 35. The van der Waals surface area contributed by atoms with Gasteiger partial charge in [0.05, 0.1) is 18.7 Å². The summed E-state index contributed by atoms with van der Waals surface area (Å²) in [5.41, 5.74) is 18.5. The first-order chi connectivity index (χ1) is 33.8. The van der Waals surface area contributed by atoms with Crippen molar-refractivity contribution >= 4 is 53.2 Å². The smallest absolute Gasteiger partial charge is 0.328 e. The van der Waals surface area contributed by atoms with Crippen molar-refractivity contribution in [3.63, 3.8) is 0 Å². The predicted octanol–water partition coefficient (Wildman–Crippen LogP) is -0.416. The maximum atomic E-state index is 14.4. The van der Waals surface area contributed by atoms with Crippen LogP contribution in [0.1, 0.15) is 126 Å². The number of aliphatic carboxylic acids is 1. The van der Waals surface area contributed by atoms with E-state index in [-0.39, 0.29) is 49.9 Å². The number of aliphatic hydroxyl groups is 1. The van der Waals surface area contributed by atoms with Crippen molar-refractivity contribution in [2.45, 2.75) is 181 Å². The van der Waals surface area contributed by atoms with E-state index in [4.69, 9.17) is 17.2 Å². The fourth-order valence-electron chi connectivity index (χ4n) is 7.65. The molecule has 1 aromatic carbocycles. The van der Waals surface area contributed by atoms with Gasteiger partial charge in [-0.25, -0.2) is 4.79 Å². The quantitative estimate of drug-likeness (QED) is 0.0385. The number of carbonyl (C=O) groups is 9. The van der Waals surface area contributed by atoms with Crippen LogP contribution in [-0.2, 0) is 49.6 Å². The van der Waals surface area contributed by atoms with Crippen molar-refractivity contribution in [1.29, 1.82) is 0 Å². The van der Waals surface area contributed by atoms with Gasteiger partial charge in [0.15, 0.2) is 6.04 Å². The van der Waals surface area contributed by atoms with Gasteiger partial charge in [-0.2, -0.15) is 0 Å². The van der Waals surface area contributed by atoms with Gasteiger partial charge in [0.25, 0.3) is 0 Å². The number of hydrogen-bond donors (Lipinski definition) is 13. The Morgan fingerprint density at radius 2 is 0.917 bits per heavy atom. The summed E-state index contributed by atoms with van der Waals surface area (Å²) in [6.45, 7) is 15.7. The fourth-order valence-corrected chi connectivity index (χ4v) is 7.65. The lowest BCUT2D eigenvalue weighted by atomic mass is 9.99. The van der Waals surface area contributed by atoms with E-state index in [0.717, 1.165) is 0 Å². The van der Waals surface area contributed by atoms with Crippen molar-refractivity contribution in [3.05, 3.63) is 35.9 Å². The van der Waals surface area contributed by atoms with Crippen LogP contribution >= 0.6 is 0 Å². The highest BCUT2D eigenvalue weighted by Crippen LogP contribution is 2.13. The van der Waals surface area contributed by atoms with Gasteiger partial charge in [0, 0.05) is 6.42 Å². The molecular weight excluding hydrogens is 931 g/mol. The lowest BCUT2D eigenvalue weighted by molar-refractivity contribution is -0.144. The minimum Gasteiger partial charge on any atom is -0.480 e. The fraction of sp³-hybridized carbons (Fsp3) is 0.700. The van der Waals surface area contributed by atoms with E-state index < -0.39 is 120 Å². The molecule has 9 atom stereocenters. The summed E-state index contributed by atoms with van der Waals surface area (Å²) in [5.74, 6) is -7.68. The minimum absolute atomic E-state index is 0.0278.